The molecule has 0 radical (unpaired) electrons. The van der Waals surface area contributed by atoms with Gasteiger partial charge in [0.05, 0.1) is 11.5 Å². The van der Waals surface area contributed by atoms with E-state index in [-0.39, 0.29) is 11.7 Å². The van der Waals surface area contributed by atoms with E-state index >= 15 is 0 Å². The number of anilines is 1. The van der Waals surface area contributed by atoms with Crippen LogP contribution < -0.4 is 5.32 Å². The number of carbonyl (C=O) groups excluding carboxylic acids is 1. The first-order valence-electron chi connectivity index (χ1n) is 6.86. The van der Waals surface area contributed by atoms with Gasteiger partial charge in [0.15, 0.2) is 5.76 Å². The maximum absolute atomic E-state index is 12.9. The number of hydrogen-bond donors (Lipinski definition) is 1. The van der Waals surface area contributed by atoms with Crippen molar-refractivity contribution in [1.29, 1.82) is 0 Å². The van der Waals surface area contributed by atoms with Gasteiger partial charge in [0.1, 0.15) is 5.82 Å². The number of ether oxygens (including phenoxy) is 1. The first-order chi connectivity index (χ1) is 10.7. The average Bonchev–Trinajstić information content (AvgIpc) is 2.58. The van der Waals surface area contributed by atoms with Crippen LogP contribution in [0.1, 0.15) is 5.56 Å². The standard InChI is InChI=1S/C17H14FNO2S/c18-13-6-8-14(9-7-13)19-17(20)15-16(22-11-10-21-15)12-4-2-1-3-5-12/h1-9H,10-11H2,(H,19,20). The van der Waals surface area contributed by atoms with Gasteiger partial charge in [-0.05, 0) is 29.8 Å². The van der Waals surface area contributed by atoms with Crippen molar-refractivity contribution in [1.82, 2.24) is 0 Å². The fraction of sp³-hybridized carbons (Fsp3) is 0.118. The van der Waals surface area contributed by atoms with E-state index in [1.165, 1.54) is 24.3 Å². The minimum Gasteiger partial charge on any atom is -0.486 e. The van der Waals surface area contributed by atoms with Crippen LogP contribution in [0.3, 0.4) is 0 Å². The van der Waals surface area contributed by atoms with Crippen molar-refractivity contribution in [3.8, 4) is 0 Å². The van der Waals surface area contributed by atoms with Gasteiger partial charge in [-0.25, -0.2) is 4.39 Å². The Labute approximate surface area is 132 Å². The molecule has 3 rings (SSSR count). The number of amides is 1. The zero-order valence-corrected chi connectivity index (χ0v) is 12.5. The summed E-state index contributed by atoms with van der Waals surface area (Å²) < 4.78 is 18.5. The van der Waals surface area contributed by atoms with Crippen LogP contribution in [0.2, 0.25) is 0 Å². The summed E-state index contributed by atoms with van der Waals surface area (Å²) in [6.45, 7) is 0.493. The Hall–Kier alpha value is -2.27. The summed E-state index contributed by atoms with van der Waals surface area (Å²) in [7, 11) is 0. The van der Waals surface area contributed by atoms with Crippen molar-refractivity contribution in [2.24, 2.45) is 0 Å². The van der Waals surface area contributed by atoms with Gasteiger partial charge >= 0.3 is 0 Å². The summed E-state index contributed by atoms with van der Waals surface area (Å²) in [4.78, 5) is 13.3. The van der Waals surface area contributed by atoms with Crippen molar-refractivity contribution < 1.29 is 13.9 Å². The molecule has 112 valence electrons. The van der Waals surface area contributed by atoms with Crippen LogP contribution in [-0.4, -0.2) is 18.3 Å². The van der Waals surface area contributed by atoms with E-state index < -0.39 is 0 Å². The van der Waals surface area contributed by atoms with Crippen LogP contribution in [0.5, 0.6) is 0 Å². The van der Waals surface area contributed by atoms with E-state index in [0.717, 1.165) is 16.2 Å². The van der Waals surface area contributed by atoms with Gasteiger partial charge in [0.25, 0.3) is 5.91 Å². The van der Waals surface area contributed by atoms with Gasteiger partial charge in [0.2, 0.25) is 0 Å². The summed E-state index contributed by atoms with van der Waals surface area (Å²) in [5.74, 6) is 0.452. The summed E-state index contributed by atoms with van der Waals surface area (Å²) in [6, 6.07) is 15.3. The van der Waals surface area contributed by atoms with Crippen LogP contribution in [-0.2, 0) is 9.53 Å². The molecule has 0 saturated heterocycles. The Bertz CT molecular complexity index is 698. The molecule has 0 fully saturated rings. The summed E-state index contributed by atoms with van der Waals surface area (Å²) >= 11 is 1.60. The lowest BCUT2D eigenvalue weighted by Gasteiger charge is -2.20. The van der Waals surface area contributed by atoms with Gasteiger partial charge < -0.3 is 10.1 Å². The molecule has 0 spiro atoms. The maximum Gasteiger partial charge on any atom is 0.291 e. The molecule has 0 bridgehead atoms. The third kappa shape index (κ3) is 3.31. The summed E-state index contributed by atoms with van der Waals surface area (Å²) in [5.41, 5.74) is 1.49. The number of hydrogen-bond acceptors (Lipinski definition) is 3. The molecular weight excluding hydrogens is 301 g/mol. The van der Waals surface area contributed by atoms with Crippen molar-refractivity contribution in [3.63, 3.8) is 0 Å². The Kier molecular flexibility index (Phi) is 4.44. The topological polar surface area (TPSA) is 38.3 Å². The molecule has 0 aromatic heterocycles. The Balaban J connectivity index is 1.87. The van der Waals surface area contributed by atoms with Crippen molar-refractivity contribution in [3.05, 3.63) is 71.7 Å². The van der Waals surface area contributed by atoms with Crippen molar-refractivity contribution >= 4 is 28.3 Å². The number of nitrogens with one attached hydrogen (secondary N) is 1. The van der Waals surface area contributed by atoms with E-state index in [2.05, 4.69) is 5.32 Å². The lowest BCUT2D eigenvalue weighted by Crippen LogP contribution is -2.21. The second kappa shape index (κ2) is 6.66. The van der Waals surface area contributed by atoms with E-state index in [1.807, 2.05) is 30.3 Å². The molecule has 3 nitrogen and oxygen atoms in total. The molecule has 0 atom stereocenters. The van der Waals surface area contributed by atoms with Gasteiger partial charge in [-0.15, -0.1) is 11.8 Å². The maximum atomic E-state index is 12.9. The van der Waals surface area contributed by atoms with Crippen LogP contribution in [0.25, 0.3) is 4.91 Å². The van der Waals surface area contributed by atoms with Gasteiger partial charge in [0, 0.05) is 11.4 Å². The number of benzene rings is 2. The first kappa shape index (κ1) is 14.7. The second-order valence-corrected chi connectivity index (χ2v) is 5.79. The fourth-order valence-corrected chi connectivity index (χ4v) is 3.07. The predicted molar refractivity (Wildman–Crippen MR) is 86.8 cm³/mol. The monoisotopic (exact) mass is 315 g/mol. The molecule has 1 aliphatic rings. The molecule has 22 heavy (non-hydrogen) atoms. The van der Waals surface area contributed by atoms with E-state index in [1.54, 1.807) is 11.8 Å². The Morgan fingerprint density at radius 3 is 2.55 bits per heavy atom. The highest BCUT2D eigenvalue weighted by Crippen LogP contribution is 2.34. The zero-order valence-electron chi connectivity index (χ0n) is 11.7. The van der Waals surface area contributed by atoms with Crippen LogP contribution in [0.15, 0.2) is 60.4 Å². The summed E-state index contributed by atoms with van der Waals surface area (Å²) in [5, 5.41) is 2.74. The highest BCUT2D eigenvalue weighted by molar-refractivity contribution is 8.08. The molecule has 5 heteroatoms. The van der Waals surface area contributed by atoms with Gasteiger partial charge in [-0.2, -0.15) is 0 Å². The Morgan fingerprint density at radius 2 is 1.82 bits per heavy atom. The third-order valence-corrected chi connectivity index (χ3v) is 4.21. The molecule has 1 amide bonds. The highest BCUT2D eigenvalue weighted by atomic mass is 32.2. The molecule has 2 aromatic rings. The second-order valence-electron chi connectivity index (χ2n) is 4.68. The van der Waals surface area contributed by atoms with Gasteiger partial charge in [-0.1, -0.05) is 30.3 Å². The van der Waals surface area contributed by atoms with Crippen LogP contribution in [0.4, 0.5) is 10.1 Å². The van der Waals surface area contributed by atoms with Gasteiger partial charge in [-0.3, -0.25) is 4.79 Å². The number of carbonyl (C=O) groups is 1. The molecule has 0 aliphatic carbocycles. The zero-order chi connectivity index (χ0) is 15.4. The van der Waals surface area contributed by atoms with E-state index in [4.69, 9.17) is 4.74 Å². The highest BCUT2D eigenvalue weighted by Gasteiger charge is 2.22. The SMILES string of the molecule is O=C(Nc1ccc(F)cc1)C1=C(c2ccccc2)SCCO1. The number of rotatable bonds is 3. The fourth-order valence-electron chi connectivity index (χ4n) is 2.11. The lowest BCUT2D eigenvalue weighted by molar-refractivity contribution is -0.115. The van der Waals surface area contributed by atoms with Crippen molar-refractivity contribution in [2.45, 2.75) is 0 Å². The molecule has 0 saturated carbocycles. The van der Waals surface area contributed by atoms with Crippen LogP contribution >= 0.6 is 11.8 Å². The molecule has 1 heterocycles. The number of thioether (sulfide) groups is 1. The Morgan fingerprint density at radius 1 is 1.09 bits per heavy atom. The van der Waals surface area contributed by atoms with E-state index in [9.17, 15) is 9.18 Å². The molecule has 1 aliphatic heterocycles. The lowest BCUT2D eigenvalue weighted by atomic mass is 10.2. The normalized spacial score (nSPS) is 14.4. The smallest absolute Gasteiger partial charge is 0.291 e. The molecule has 0 unspecified atom stereocenters. The van der Waals surface area contributed by atoms with E-state index in [0.29, 0.717) is 18.1 Å². The minimum atomic E-state index is -0.341. The molecule has 2 aromatic carbocycles. The van der Waals surface area contributed by atoms with Crippen LogP contribution in [0, 0.1) is 5.82 Å². The minimum absolute atomic E-state index is 0.312. The average molecular weight is 315 g/mol. The van der Waals surface area contributed by atoms with Crippen molar-refractivity contribution in [2.75, 3.05) is 17.7 Å². The quantitative estimate of drug-likeness (QED) is 0.933. The first-order valence-corrected chi connectivity index (χ1v) is 7.85. The molecular formula is C17H14FNO2S. The largest absolute Gasteiger partial charge is 0.486 e. The third-order valence-electron chi connectivity index (χ3n) is 3.13. The number of halogens is 1. The summed E-state index contributed by atoms with van der Waals surface area (Å²) in [6.07, 6.45) is 0. The molecule has 1 N–H and O–H groups in total. The predicted octanol–water partition coefficient (Wildman–Crippen LogP) is 3.90.